The number of carbonyl (C=O) groups excluding carboxylic acids is 1. The lowest BCUT2D eigenvalue weighted by molar-refractivity contribution is 0.0963. The molecule has 0 unspecified atom stereocenters. The molecule has 0 spiro atoms. The fourth-order valence-electron chi connectivity index (χ4n) is 2.70. The van der Waals surface area contributed by atoms with Crippen molar-refractivity contribution in [2.75, 3.05) is 5.43 Å². The van der Waals surface area contributed by atoms with E-state index in [0.29, 0.717) is 22.0 Å². The van der Waals surface area contributed by atoms with Crippen molar-refractivity contribution in [2.45, 2.75) is 23.8 Å². The molecule has 4 rings (SSSR count). The summed E-state index contributed by atoms with van der Waals surface area (Å²) in [5.74, 6) is -0.393. The third-order valence-electron chi connectivity index (χ3n) is 4.40. The van der Waals surface area contributed by atoms with Gasteiger partial charge in [-0.05, 0) is 49.2 Å². The SMILES string of the molecule is O=C(NNc1ccc(S(=O)(=O)NC2CC2)cc1)c1cn[nH]c1-c1ccc(Cl)cc1. The number of halogens is 1. The Labute approximate surface area is 172 Å². The molecule has 0 bridgehead atoms. The summed E-state index contributed by atoms with van der Waals surface area (Å²) in [6.45, 7) is 0. The summed E-state index contributed by atoms with van der Waals surface area (Å²) in [6, 6.07) is 13.2. The van der Waals surface area contributed by atoms with Gasteiger partial charge in [0.15, 0.2) is 0 Å². The number of nitrogens with zero attached hydrogens (tertiary/aromatic N) is 1. The van der Waals surface area contributed by atoms with Gasteiger partial charge >= 0.3 is 0 Å². The first kappa shape index (κ1) is 19.4. The first-order valence-electron chi connectivity index (χ1n) is 8.90. The summed E-state index contributed by atoms with van der Waals surface area (Å²) in [4.78, 5) is 12.7. The lowest BCUT2D eigenvalue weighted by atomic mass is 10.1. The molecule has 1 fully saturated rings. The molecule has 0 saturated heterocycles. The Bertz CT molecular complexity index is 1120. The lowest BCUT2D eigenvalue weighted by Crippen LogP contribution is -2.29. The Morgan fingerprint density at radius 3 is 2.41 bits per heavy atom. The smallest absolute Gasteiger partial charge is 0.273 e. The van der Waals surface area contributed by atoms with E-state index in [4.69, 9.17) is 11.6 Å². The van der Waals surface area contributed by atoms with E-state index in [2.05, 4.69) is 25.8 Å². The zero-order valence-corrected chi connectivity index (χ0v) is 16.7. The van der Waals surface area contributed by atoms with Crippen molar-refractivity contribution in [3.63, 3.8) is 0 Å². The van der Waals surface area contributed by atoms with E-state index in [9.17, 15) is 13.2 Å². The number of carbonyl (C=O) groups is 1. The van der Waals surface area contributed by atoms with E-state index in [0.717, 1.165) is 18.4 Å². The highest BCUT2D eigenvalue weighted by Crippen LogP contribution is 2.24. The maximum absolute atomic E-state index is 12.5. The van der Waals surface area contributed by atoms with E-state index < -0.39 is 15.9 Å². The second-order valence-electron chi connectivity index (χ2n) is 6.66. The number of anilines is 1. The normalized spacial score (nSPS) is 13.8. The third-order valence-corrected chi connectivity index (χ3v) is 6.19. The quantitative estimate of drug-likeness (QED) is 0.429. The van der Waals surface area contributed by atoms with Crippen molar-refractivity contribution in [1.29, 1.82) is 0 Å². The van der Waals surface area contributed by atoms with Gasteiger partial charge in [0.1, 0.15) is 0 Å². The molecular formula is C19H18ClN5O3S. The number of H-pyrrole nitrogens is 1. The van der Waals surface area contributed by atoms with E-state index in [1.54, 1.807) is 36.4 Å². The Hall–Kier alpha value is -2.88. The van der Waals surface area contributed by atoms with Crippen LogP contribution in [0.2, 0.25) is 5.02 Å². The number of benzene rings is 2. The number of amides is 1. The minimum atomic E-state index is -3.51. The van der Waals surface area contributed by atoms with Crippen molar-refractivity contribution in [2.24, 2.45) is 0 Å². The van der Waals surface area contributed by atoms with E-state index in [1.165, 1.54) is 18.3 Å². The van der Waals surface area contributed by atoms with Crippen molar-refractivity contribution in [3.8, 4) is 11.3 Å². The van der Waals surface area contributed by atoms with Gasteiger partial charge in [-0.25, -0.2) is 13.1 Å². The minimum absolute atomic E-state index is 0.0434. The molecule has 1 saturated carbocycles. The predicted molar refractivity (Wildman–Crippen MR) is 110 cm³/mol. The Morgan fingerprint density at radius 2 is 1.76 bits per heavy atom. The van der Waals surface area contributed by atoms with Crippen LogP contribution in [0.1, 0.15) is 23.2 Å². The zero-order valence-electron chi connectivity index (χ0n) is 15.1. The van der Waals surface area contributed by atoms with Crippen LogP contribution in [0.4, 0.5) is 5.69 Å². The number of aromatic nitrogens is 2. The summed E-state index contributed by atoms with van der Waals surface area (Å²) in [7, 11) is -3.51. The van der Waals surface area contributed by atoms with Crippen LogP contribution in [0.25, 0.3) is 11.3 Å². The molecule has 0 atom stereocenters. The highest BCUT2D eigenvalue weighted by atomic mass is 35.5. The number of hydrazine groups is 1. The van der Waals surface area contributed by atoms with Crippen LogP contribution in [0, 0.1) is 0 Å². The van der Waals surface area contributed by atoms with Gasteiger partial charge < -0.3 is 0 Å². The van der Waals surface area contributed by atoms with Crippen LogP contribution in [-0.4, -0.2) is 30.6 Å². The Balaban J connectivity index is 1.41. The van der Waals surface area contributed by atoms with Crippen molar-refractivity contribution in [1.82, 2.24) is 20.3 Å². The second-order valence-corrected chi connectivity index (χ2v) is 8.82. The molecule has 0 radical (unpaired) electrons. The predicted octanol–water partition coefficient (Wildman–Crippen LogP) is 2.93. The molecular weight excluding hydrogens is 414 g/mol. The highest BCUT2D eigenvalue weighted by molar-refractivity contribution is 7.89. The topological polar surface area (TPSA) is 116 Å². The second kappa shape index (κ2) is 7.86. The number of nitrogens with one attached hydrogen (secondary N) is 4. The van der Waals surface area contributed by atoms with Gasteiger partial charge in [-0.2, -0.15) is 5.10 Å². The number of sulfonamides is 1. The average Bonchev–Trinajstić information content (AvgIpc) is 3.37. The first-order valence-corrected chi connectivity index (χ1v) is 10.8. The summed E-state index contributed by atoms with van der Waals surface area (Å²) < 4.78 is 27.0. The van der Waals surface area contributed by atoms with E-state index in [-0.39, 0.29) is 10.9 Å². The van der Waals surface area contributed by atoms with Crippen molar-refractivity contribution in [3.05, 3.63) is 65.3 Å². The molecule has 8 nitrogen and oxygen atoms in total. The molecule has 150 valence electrons. The number of rotatable bonds is 7. The number of aromatic amines is 1. The Morgan fingerprint density at radius 1 is 1.07 bits per heavy atom. The fourth-order valence-corrected chi connectivity index (χ4v) is 4.13. The largest absolute Gasteiger partial charge is 0.298 e. The third kappa shape index (κ3) is 4.58. The molecule has 3 aromatic rings. The van der Waals surface area contributed by atoms with Crippen LogP contribution in [0.5, 0.6) is 0 Å². The van der Waals surface area contributed by atoms with E-state index in [1.807, 2.05) is 0 Å². The minimum Gasteiger partial charge on any atom is -0.298 e. The molecule has 1 aliphatic carbocycles. The van der Waals surface area contributed by atoms with Gasteiger partial charge in [0.2, 0.25) is 10.0 Å². The zero-order chi connectivity index (χ0) is 20.4. The molecule has 4 N–H and O–H groups in total. The van der Waals surface area contributed by atoms with Crippen LogP contribution < -0.4 is 15.6 Å². The van der Waals surface area contributed by atoms with Crippen LogP contribution in [0.3, 0.4) is 0 Å². The number of hydrogen-bond donors (Lipinski definition) is 4. The molecule has 1 aromatic heterocycles. The molecule has 1 amide bonds. The van der Waals surface area contributed by atoms with Gasteiger partial charge in [-0.3, -0.25) is 20.7 Å². The van der Waals surface area contributed by atoms with Crippen molar-refractivity contribution >= 4 is 33.2 Å². The van der Waals surface area contributed by atoms with Crippen LogP contribution in [-0.2, 0) is 10.0 Å². The van der Waals surface area contributed by atoms with Gasteiger partial charge in [0.25, 0.3) is 5.91 Å². The molecule has 10 heteroatoms. The molecule has 1 heterocycles. The van der Waals surface area contributed by atoms with E-state index >= 15 is 0 Å². The molecule has 1 aliphatic rings. The van der Waals surface area contributed by atoms with Gasteiger partial charge in [0.05, 0.1) is 28.0 Å². The number of hydrogen-bond acceptors (Lipinski definition) is 5. The first-order chi connectivity index (χ1) is 13.9. The van der Waals surface area contributed by atoms with Crippen molar-refractivity contribution < 1.29 is 13.2 Å². The molecule has 0 aliphatic heterocycles. The van der Waals surface area contributed by atoms with Gasteiger partial charge in [-0.1, -0.05) is 23.7 Å². The maximum atomic E-state index is 12.5. The highest BCUT2D eigenvalue weighted by Gasteiger charge is 2.27. The average molecular weight is 432 g/mol. The lowest BCUT2D eigenvalue weighted by Gasteiger charge is -2.10. The summed E-state index contributed by atoms with van der Waals surface area (Å²) in [5.41, 5.74) is 7.59. The Kier molecular flexibility index (Phi) is 5.27. The van der Waals surface area contributed by atoms with Gasteiger partial charge in [-0.15, -0.1) is 0 Å². The fraction of sp³-hybridized carbons (Fsp3) is 0.158. The van der Waals surface area contributed by atoms with Crippen LogP contribution in [0.15, 0.2) is 59.6 Å². The molecule has 29 heavy (non-hydrogen) atoms. The maximum Gasteiger partial charge on any atom is 0.273 e. The monoisotopic (exact) mass is 431 g/mol. The molecule has 2 aromatic carbocycles. The van der Waals surface area contributed by atoms with Gasteiger partial charge in [0, 0.05) is 16.6 Å². The summed E-state index contributed by atoms with van der Waals surface area (Å²) in [5, 5.41) is 7.35. The summed E-state index contributed by atoms with van der Waals surface area (Å²) >= 11 is 5.90. The summed E-state index contributed by atoms with van der Waals surface area (Å²) in [6.07, 6.45) is 3.17. The van der Waals surface area contributed by atoms with Crippen LogP contribution >= 0.6 is 11.6 Å². The standard InChI is InChI=1S/C19H18ClN5O3S/c20-13-3-1-12(2-4-13)18-17(11-21-23-18)19(26)24-22-14-7-9-16(10-8-14)29(27,28)25-15-5-6-15/h1-4,7-11,15,22,25H,5-6H2,(H,21,23)(H,24,26).